The fourth-order valence-corrected chi connectivity index (χ4v) is 3.36. The Bertz CT molecular complexity index is 679. The first kappa shape index (κ1) is 13.8. The van der Waals surface area contributed by atoms with Crippen molar-refractivity contribution in [2.45, 2.75) is 19.1 Å². The van der Waals surface area contributed by atoms with Gasteiger partial charge in [0.25, 0.3) is 0 Å². The van der Waals surface area contributed by atoms with Crippen LogP contribution in [0, 0.1) is 13.8 Å². The molecule has 0 aromatic heterocycles. The molecule has 0 bridgehead atoms. The number of benzene rings is 2. The van der Waals surface area contributed by atoms with Crippen LogP contribution >= 0.6 is 0 Å². The van der Waals surface area contributed by atoms with Crippen LogP contribution in [0.5, 0.6) is 0 Å². The van der Waals surface area contributed by atoms with Gasteiger partial charge in [-0.25, -0.2) is 13.6 Å². The molecule has 0 heterocycles. The van der Waals surface area contributed by atoms with Gasteiger partial charge in [-0.15, -0.1) is 0 Å². The van der Waals surface area contributed by atoms with E-state index >= 15 is 0 Å². The molecule has 2 N–H and O–H groups in total. The third-order valence-electron chi connectivity index (χ3n) is 3.15. The zero-order valence-electron chi connectivity index (χ0n) is 11.0. The normalized spacial score (nSPS) is 13.2. The number of sulfonamides is 1. The van der Waals surface area contributed by atoms with E-state index in [4.69, 9.17) is 5.14 Å². The Kier molecular flexibility index (Phi) is 3.73. The molecule has 19 heavy (non-hydrogen) atoms. The molecule has 0 spiro atoms. The molecule has 2 rings (SSSR count). The van der Waals surface area contributed by atoms with Crippen LogP contribution in [0.25, 0.3) is 0 Å². The molecule has 0 saturated heterocycles. The minimum atomic E-state index is -3.71. The summed E-state index contributed by atoms with van der Waals surface area (Å²) >= 11 is 0. The van der Waals surface area contributed by atoms with Gasteiger partial charge in [-0.2, -0.15) is 0 Å². The summed E-state index contributed by atoms with van der Waals surface area (Å²) in [7, 11) is -3.71. The van der Waals surface area contributed by atoms with Gasteiger partial charge in [-0.3, -0.25) is 0 Å². The fraction of sp³-hybridized carbons (Fsp3) is 0.200. The van der Waals surface area contributed by atoms with Gasteiger partial charge >= 0.3 is 0 Å². The SMILES string of the molecule is Cc1ccc(C)c(C(c2ccccc2)S(N)(=O)=O)c1. The van der Waals surface area contributed by atoms with E-state index in [1.165, 1.54) is 0 Å². The van der Waals surface area contributed by atoms with E-state index in [9.17, 15) is 8.42 Å². The van der Waals surface area contributed by atoms with E-state index in [1.807, 2.05) is 50.2 Å². The smallest absolute Gasteiger partial charge is 0.220 e. The lowest BCUT2D eigenvalue weighted by Gasteiger charge is -2.18. The minimum absolute atomic E-state index is 0.693. The molecule has 0 saturated carbocycles. The number of nitrogens with two attached hydrogens (primary N) is 1. The molecule has 0 radical (unpaired) electrons. The van der Waals surface area contributed by atoms with Crippen molar-refractivity contribution in [1.29, 1.82) is 0 Å². The van der Waals surface area contributed by atoms with Gasteiger partial charge in [0.05, 0.1) is 0 Å². The Balaban J connectivity index is 2.67. The fourth-order valence-electron chi connectivity index (χ4n) is 2.22. The highest BCUT2D eigenvalue weighted by Gasteiger charge is 2.26. The Morgan fingerprint density at radius 1 is 1.00 bits per heavy atom. The predicted molar refractivity (Wildman–Crippen MR) is 77.3 cm³/mol. The largest absolute Gasteiger partial charge is 0.228 e. The molecule has 4 heteroatoms. The first-order valence-electron chi connectivity index (χ1n) is 6.03. The standard InChI is InChI=1S/C15H17NO2S/c1-11-8-9-12(2)14(10-11)15(19(16,17)18)13-6-4-3-5-7-13/h3-10,15H,1-2H3,(H2,16,17,18). The van der Waals surface area contributed by atoms with E-state index in [1.54, 1.807) is 12.1 Å². The van der Waals surface area contributed by atoms with E-state index in [2.05, 4.69) is 0 Å². The van der Waals surface area contributed by atoms with Crippen LogP contribution in [0.15, 0.2) is 48.5 Å². The molecule has 0 aliphatic rings. The van der Waals surface area contributed by atoms with E-state index in [0.717, 1.165) is 16.7 Å². The average Bonchev–Trinajstić information content (AvgIpc) is 2.33. The van der Waals surface area contributed by atoms with Crippen molar-refractivity contribution in [3.8, 4) is 0 Å². The maximum atomic E-state index is 12.0. The van der Waals surface area contributed by atoms with Gasteiger partial charge in [-0.05, 0) is 30.5 Å². The number of primary sulfonamides is 1. The molecule has 2 aromatic carbocycles. The number of hydrogen-bond acceptors (Lipinski definition) is 2. The van der Waals surface area contributed by atoms with Crippen molar-refractivity contribution in [3.63, 3.8) is 0 Å². The molecule has 1 unspecified atom stereocenters. The lowest BCUT2D eigenvalue weighted by Crippen LogP contribution is -2.23. The molecular weight excluding hydrogens is 258 g/mol. The molecule has 1 atom stereocenters. The van der Waals surface area contributed by atoms with Gasteiger partial charge in [0, 0.05) is 0 Å². The first-order chi connectivity index (χ1) is 8.89. The number of aryl methyl sites for hydroxylation is 2. The third-order valence-corrected chi connectivity index (χ3v) is 4.33. The van der Waals surface area contributed by atoms with E-state index in [0.29, 0.717) is 5.56 Å². The highest BCUT2D eigenvalue weighted by Crippen LogP contribution is 2.31. The second-order valence-corrected chi connectivity index (χ2v) is 6.39. The molecule has 100 valence electrons. The Morgan fingerprint density at radius 3 is 2.21 bits per heavy atom. The molecular formula is C15H17NO2S. The maximum Gasteiger partial charge on any atom is 0.220 e. The molecule has 0 amide bonds. The molecule has 3 nitrogen and oxygen atoms in total. The summed E-state index contributed by atoms with van der Waals surface area (Å²) in [6.45, 7) is 3.84. The van der Waals surface area contributed by atoms with Crippen LogP contribution in [0.2, 0.25) is 0 Å². The topological polar surface area (TPSA) is 60.2 Å². The lowest BCUT2D eigenvalue weighted by atomic mass is 9.98. The Labute approximate surface area is 114 Å². The third kappa shape index (κ3) is 3.03. The van der Waals surface area contributed by atoms with Crippen LogP contribution in [-0.2, 0) is 10.0 Å². The number of hydrogen-bond donors (Lipinski definition) is 1. The maximum absolute atomic E-state index is 12.0. The van der Waals surface area contributed by atoms with Crippen LogP contribution in [0.4, 0.5) is 0 Å². The van der Waals surface area contributed by atoms with Crippen LogP contribution in [0.1, 0.15) is 27.5 Å². The summed E-state index contributed by atoms with van der Waals surface area (Å²) in [6.07, 6.45) is 0. The van der Waals surface area contributed by atoms with E-state index in [-0.39, 0.29) is 0 Å². The number of rotatable bonds is 3. The van der Waals surface area contributed by atoms with Crippen molar-refractivity contribution in [2.24, 2.45) is 5.14 Å². The zero-order valence-corrected chi connectivity index (χ0v) is 11.8. The van der Waals surface area contributed by atoms with E-state index < -0.39 is 15.3 Å². The lowest BCUT2D eigenvalue weighted by molar-refractivity contribution is 0.590. The summed E-state index contributed by atoms with van der Waals surface area (Å²) in [4.78, 5) is 0. The molecule has 2 aromatic rings. The van der Waals surface area contributed by atoms with Crippen LogP contribution < -0.4 is 5.14 Å². The van der Waals surface area contributed by atoms with Crippen molar-refractivity contribution < 1.29 is 8.42 Å². The van der Waals surface area contributed by atoms with Gasteiger partial charge < -0.3 is 0 Å². The summed E-state index contributed by atoms with van der Waals surface area (Å²) < 4.78 is 23.9. The molecule has 0 aliphatic carbocycles. The summed E-state index contributed by atoms with van der Waals surface area (Å²) in [6, 6.07) is 14.8. The van der Waals surface area contributed by atoms with Gasteiger partial charge in [-0.1, -0.05) is 54.1 Å². The van der Waals surface area contributed by atoms with Crippen molar-refractivity contribution in [2.75, 3.05) is 0 Å². The van der Waals surface area contributed by atoms with Crippen molar-refractivity contribution in [1.82, 2.24) is 0 Å². The summed E-state index contributed by atoms with van der Waals surface area (Å²) in [5.74, 6) is 0. The highest BCUT2D eigenvalue weighted by atomic mass is 32.2. The van der Waals surface area contributed by atoms with Crippen LogP contribution in [-0.4, -0.2) is 8.42 Å². The van der Waals surface area contributed by atoms with Gasteiger partial charge in [0.15, 0.2) is 0 Å². The second kappa shape index (κ2) is 5.15. The molecule has 0 aliphatic heterocycles. The second-order valence-electron chi connectivity index (χ2n) is 4.74. The quantitative estimate of drug-likeness (QED) is 0.936. The van der Waals surface area contributed by atoms with Gasteiger partial charge in [0.1, 0.15) is 5.25 Å². The first-order valence-corrected chi connectivity index (χ1v) is 7.64. The molecule has 0 fully saturated rings. The highest BCUT2D eigenvalue weighted by molar-refractivity contribution is 7.89. The monoisotopic (exact) mass is 275 g/mol. The van der Waals surface area contributed by atoms with Crippen LogP contribution in [0.3, 0.4) is 0 Å². The van der Waals surface area contributed by atoms with Crippen molar-refractivity contribution in [3.05, 3.63) is 70.8 Å². The Hall–Kier alpha value is -1.65. The summed E-state index contributed by atoms with van der Waals surface area (Å²) in [5.41, 5.74) is 3.38. The average molecular weight is 275 g/mol. The zero-order chi connectivity index (χ0) is 14.0. The van der Waals surface area contributed by atoms with Crippen molar-refractivity contribution >= 4 is 10.0 Å². The van der Waals surface area contributed by atoms with Gasteiger partial charge in [0.2, 0.25) is 10.0 Å². The Morgan fingerprint density at radius 2 is 1.63 bits per heavy atom. The summed E-state index contributed by atoms with van der Waals surface area (Å²) in [5, 5.41) is 4.62. The minimum Gasteiger partial charge on any atom is -0.228 e. The predicted octanol–water partition coefficient (Wildman–Crippen LogP) is 2.68.